The summed E-state index contributed by atoms with van der Waals surface area (Å²) in [7, 11) is 0.0226. The van der Waals surface area contributed by atoms with Crippen LogP contribution in [0.2, 0.25) is 0 Å². The van der Waals surface area contributed by atoms with Gasteiger partial charge < -0.3 is 19.1 Å². The molecule has 1 fully saturated rings. The molecule has 1 saturated heterocycles. The van der Waals surface area contributed by atoms with Gasteiger partial charge in [0.2, 0.25) is 0 Å². The molecule has 0 atom stereocenters. The molecule has 8 heteroatoms. The number of hydrogen-bond acceptors (Lipinski definition) is 6. The van der Waals surface area contributed by atoms with Gasteiger partial charge in [-0.1, -0.05) is 54.0 Å². The van der Waals surface area contributed by atoms with Gasteiger partial charge in [0, 0.05) is 17.3 Å². The lowest BCUT2D eigenvalue weighted by molar-refractivity contribution is -0.0893. The first-order valence-corrected chi connectivity index (χ1v) is 12.4. The standard InChI is InChI=1S/C28H36B2N2O4/c1-25(2,33)26(3,4)34-29-21-13-9-20(10-14-21)24-31-18-17-23(32-24)19-11-15-22(16-12-19)30-35-27(5,6)28(7,8)36-30/h9-18,29,33H,1-8H3. The molecule has 1 aromatic heterocycles. The number of nitrogens with zero attached hydrogens (tertiary/aromatic N) is 2. The Morgan fingerprint density at radius 1 is 0.833 bits per heavy atom. The van der Waals surface area contributed by atoms with Crippen LogP contribution in [0.15, 0.2) is 60.8 Å². The van der Waals surface area contributed by atoms with Crippen LogP contribution in [-0.4, -0.2) is 52.1 Å². The van der Waals surface area contributed by atoms with Crippen molar-refractivity contribution in [2.24, 2.45) is 0 Å². The summed E-state index contributed by atoms with van der Waals surface area (Å²) in [6, 6.07) is 18.1. The van der Waals surface area contributed by atoms with E-state index in [1.165, 1.54) is 0 Å². The molecule has 0 aliphatic carbocycles. The summed E-state index contributed by atoms with van der Waals surface area (Å²) >= 11 is 0. The molecule has 36 heavy (non-hydrogen) atoms. The molecule has 4 rings (SSSR count). The predicted molar refractivity (Wildman–Crippen MR) is 147 cm³/mol. The van der Waals surface area contributed by atoms with Crippen molar-refractivity contribution in [2.45, 2.75) is 77.8 Å². The van der Waals surface area contributed by atoms with Gasteiger partial charge in [0.1, 0.15) is 0 Å². The van der Waals surface area contributed by atoms with Crippen LogP contribution in [0.4, 0.5) is 0 Å². The van der Waals surface area contributed by atoms with E-state index in [-0.39, 0.29) is 18.3 Å². The molecule has 188 valence electrons. The van der Waals surface area contributed by atoms with E-state index in [2.05, 4.69) is 32.7 Å². The van der Waals surface area contributed by atoms with Crippen molar-refractivity contribution in [3.63, 3.8) is 0 Å². The molecule has 3 aromatic rings. The molecular weight excluding hydrogens is 450 g/mol. The van der Waals surface area contributed by atoms with Crippen molar-refractivity contribution in [1.29, 1.82) is 0 Å². The Kier molecular flexibility index (Phi) is 6.95. The normalized spacial score (nSPS) is 17.3. The number of rotatable bonds is 7. The van der Waals surface area contributed by atoms with E-state index in [9.17, 15) is 5.11 Å². The second-order valence-electron chi connectivity index (χ2n) is 11.5. The molecule has 0 amide bonds. The first kappa shape index (κ1) is 26.6. The first-order valence-electron chi connectivity index (χ1n) is 12.4. The Hall–Kier alpha value is -2.51. The van der Waals surface area contributed by atoms with E-state index in [1.807, 2.05) is 68.4 Å². The molecule has 0 radical (unpaired) electrons. The fraction of sp³-hybridized carbons (Fsp3) is 0.429. The van der Waals surface area contributed by atoms with Crippen LogP contribution < -0.4 is 10.9 Å². The van der Waals surface area contributed by atoms with Gasteiger partial charge in [0.15, 0.2) is 5.82 Å². The van der Waals surface area contributed by atoms with Crippen LogP contribution in [0.3, 0.4) is 0 Å². The summed E-state index contributed by atoms with van der Waals surface area (Å²) in [5, 5.41) is 10.3. The molecule has 1 N–H and O–H groups in total. The zero-order valence-electron chi connectivity index (χ0n) is 22.6. The van der Waals surface area contributed by atoms with Crippen molar-refractivity contribution in [3.8, 4) is 22.6 Å². The van der Waals surface area contributed by atoms with Gasteiger partial charge in [-0.15, -0.1) is 0 Å². The van der Waals surface area contributed by atoms with Crippen LogP contribution in [-0.2, 0) is 14.0 Å². The van der Waals surface area contributed by atoms with Crippen LogP contribution in [0, 0.1) is 0 Å². The van der Waals surface area contributed by atoms with Crippen molar-refractivity contribution in [3.05, 3.63) is 60.8 Å². The van der Waals surface area contributed by atoms with E-state index in [1.54, 1.807) is 20.0 Å². The second kappa shape index (κ2) is 9.42. The monoisotopic (exact) mass is 486 g/mol. The Balaban J connectivity index is 1.46. The number of aliphatic hydroxyl groups is 1. The molecule has 0 saturated carbocycles. The molecule has 2 heterocycles. The fourth-order valence-corrected chi connectivity index (χ4v) is 3.64. The van der Waals surface area contributed by atoms with E-state index in [4.69, 9.17) is 18.9 Å². The number of hydrogen-bond donors (Lipinski definition) is 1. The summed E-state index contributed by atoms with van der Waals surface area (Å²) < 4.78 is 18.3. The highest BCUT2D eigenvalue weighted by molar-refractivity contribution is 6.62. The van der Waals surface area contributed by atoms with Gasteiger partial charge in [0.05, 0.1) is 28.1 Å². The topological polar surface area (TPSA) is 73.7 Å². The Labute approximate surface area is 215 Å². The van der Waals surface area contributed by atoms with Gasteiger partial charge in [-0.25, -0.2) is 9.97 Å². The molecule has 0 spiro atoms. The van der Waals surface area contributed by atoms with Crippen LogP contribution in [0.25, 0.3) is 22.6 Å². The number of aromatic nitrogens is 2. The third-order valence-corrected chi connectivity index (χ3v) is 7.67. The molecule has 0 unspecified atom stereocenters. The van der Waals surface area contributed by atoms with Gasteiger partial charge in [-0.2, -0.15) is 0 Å². The minimum atomic E-state index is -0.941. The van der Waals surface area contributed by atoms with Crippen molar-refractivity contribution in [1.82, 2.24) is 9.97 Å². The maximum Gasteiger partial charge on any atom is 0.494 e. The lowest BCUT2D eigenvalue weighted by Gasteiger charge is -2.37. The van der Waals surface area contributed by atoms with E-state index in [0.717, 1.165) is 27.7 Å². The van der Waals surface area contributed by atoms with Crippen molar-refractivity contribution in [2.75, 3.05) is 0 Å². The van der Waals surface area contributed by atoms with Crippen LogP contribution >= 0.6 is 0 Å². The van der Waals surface area contributed by atoms with E-state index in [0.29, 0.717) is 13.3 Å². The smallest absolute Gasteiger partial charge is 0.427 e. The number of benzene rings is 2. The SMILES string of the molecule is CC(C)(O)C(C)(C)OBc1ccc(-c2nccc(-c3ccc(B4OC(C)(C)C(C)(C)O4)cc3)n2)cc1. The molecule has 1 aliphatic rings. The Morgan fingerprint density at radius 2 is 1.39 bits per heavy atom. The average Bonchev–Trinajstić information content (AvgIpc) is 3.04. The maximum absolute atomic E-state index is 10.3. The summed E-state index contributed by atoms with van der Waals surface area (Å²) in [6.45, 7) is 15.5. The maximum atomic E-state index is 10.3. The van der Waals surface area contributed by atoms with Crippen LogP contribution in [0.1, 0.15) is 55.4 Å². The molecule has 6 nitrogen and oxygen atoms in total. The summed E-state index contributed by atoms with van der Waals surface area (Å²) in [6.07, 6.45) is 1.78. The first-order chi connectivity index (χ1) is 16.7. The highest BCUT2D eigenvalue weighted by atomic mass is 16.7. The quantitative estimate of drug-likeness (QED) is 0.515. The zero-order chi connectivity index (χ0) is 26.4. The van der Waals surface area contributed by atoms with Gasteiger partial charge >= 0.3 is 14.6 Å². The van der Waals surface area contributed by atoms with Gasteiger partial charge in [-0.05, 0) is 66.9 Å². The molecule has 1 aliphatic heterocycles. The molecular formula is C28H36B2N2O4. The van der Waals surface area contributed by atoms with Crippen LogP contribution in [0.5, 0.6) is 0 Å². The van der Waals surface area contributed by atoms with Gasteiger partial charge in [0.25, 0.3) is 0 Å². The highest BCUT2D eigenvalue weighted by Crippen LogP contribution is 2.36. The lowest BCUT2D eigenvalue weighted by atomic mass is 9.79. The third kappa shape index (κ3) is 5.42. The van der Waals surface area contributed by atoms with Crippen molar-refractivity contribution < 1.29 is 19.1 Å². The summed E-state index contributed by atoms with van der Waals surface area (Å²) in [5.74, 6) is 0.659. The van der Waals surface area contributed by atoms with E-state index < -0.39 is 11.2 Å². The molecule has 2 aromatic carbocycles. The minimum absolute atomic E-state index is 0.370. The highest BCUT2D eigenvalue weighted by Gasteiger charge is 2.51. The summed E-state index contributed by atoms with van der Waals surface area (Å²) in [5.41, 5.74) is 2.43. The van der Waals surface area contributed by atoms with Gasteiger partial charge in [-0.3, -0.25) is 0 Å². The lowest BCUT2D eigenvalue weighted by Crippen LogP contribution is -2.49. The minimum Gasteiger partial charge on any atom is -0.427 e. The second-order valence-corrected chi connectivity index (χ2v) is 11.5. The Morgan fingerprint density at radius 3 is 1.94 bits per heavy atom. The molecule has 0 bridgehead atoms. The average molecular weight is 486 g/mol. The predicted octanol–water partition coefficient (Wildman–Crippen LogP) is 3.65. The summed E-state index contributed by atoms with van der Waals surface area (Å²) in [4.78, 5) is 9.28. The zero-order valence-corrected chi connectivity index (χ0v) is 22.6. The van der Waals surface area contributed by atoms with E-state index >= 15 is 0 Å². The Bertz CT molecular complexity index is 1190. The largest absolute Gasteiger partial charge is 0.494 e. The third-order valence-electron chi connectivity index (χ3n) is 7.67. The fourth-order valence-electron chi connectivity index (χ4n) is 3.64. The van der Waals surface area contributed by atoms with Crippen molar-refractivity contribution >= 4 is 25.5 Å².